The highest BCUT2D eigenvalue weighted by Crippen LogP contribution is 2.21. The predicted octanol–water partition coefficient (Wildman–Crippen LogP) is 1.01. The SMILES string of the molecule is O[C@@H]1CON[C@@H](c2ccccc2)C1. The van der Waals surface area contributed by atoms with Crippen LogP contribution >= 0.6 is 0 Å². The smallest absolute Gasteiger partial charge is 0.0942 e. The van der Waals surface area contributed by atoms with Crippen molar-refractivity contribution >= 4 is 0 Å². The van der Waals surface area contributed by atoms with E-state index in [1.807, 2.05) is 30.3 Å². The van der Waals surface area contributed by atoms with Gasteiger partial charge in [0.05, 0.1) is 18.8 Å². The Hall–Kier alpha value is -0.900. The first-order valence-electron chi connectivity index (χ1n) is 4.46. The summed E-state index contributed by atoms with van der Waals surface area (Å²) in [4.78, 5) is 5.05. The molecule has 1 heterocycles. The molecule has 0 saturated carbocycles. The maximum Gasteiger partial charge on any atom is 0.0942 e. The number of benzene rings is 1. The Labute approximate surface area is 77.3 Å². The van der Waals surface area contributed by atoms with E-state index in [2.05, 4.69) is 5.48 Å². The Bertz CT molecular complexity index is 263. The Morgan fingerprint density at radius 3 is 2.77 bits per heavy atom. The molecule has 0 aromatic heterocycles. The molecule has 3 heteroatoms. The van der Waals surface area contributed by atoms with Gasteiger partial charge in [0.1, 0.15) is 0 Å². The number of aliphatic hydroxyl groups excluding tert-OH is 1. The van der Waals surface area contributed by atoms with E-state index >= 15 is 0 Å². The molecule has 1 saturated heterocycles. The van der Waals surface area contributed by atoms with Crippen LogP contribution in [0.15, 0.2) is 30.3 Å². The highest BCUT2D eigenvalue weighted by Gasteiger charge is 2.21. The summed E-state index contributed by atoms with van der Waals surface area (Å²) in [6.07, 6.45) is 0.357. The van der Waals surface area contributed by atoms with E-state index < -0.39 is 0 Å². The first-order chi connectivity index (χ1) is 6.36. The average molecular weight is 179 g/mol. The molecular formula is C10H13NO2. The molecule has 1 fully saturated rings. The van der Waals surface area contributed by atoms with E-state index in [1.165, 1.54) is 0 Å². The van der Waals surface area contributed by atoms with Gasteiger partial charge in [0, 0.05) is 0 Å². The molecule has 1 aliphatic heterocycles. The van der Waals surface area contributed by atoms with Crippen LogP contribution in [-0.2, 0) is 4.84 Å². The van der Waals surface area contributed by atoms with Crippen LogP contribution < -0.4 is 5.48 Å². The van der Waals surface area contributed by atoms with Crippen molar-refractivity contribution in [3.8, 4) is 0 Å². The molecule has 0 radical (unpaired) electrons. The summed E-state index contributed by atoms with van der Waals surface area (Å²) in [5.74, 6) is 0. The summed E-state index contributed by atoms with van der Waals surface area (Å²) in [6.45, 7) is 0.378. The lowest BCUT2D eigenvalue weighted by molar-refractivity contribution is -0.0840. The predicted molar refractivity (Wildman–Crippen MR) is 48.9 cm³/mol. The van der Waals surface area contributed by atoms with Gasteiger partial charge in [-0.3, -0.25) is 4.84 Å². The van der Waals surface area contributed by atoms with Crippen LogP contribution in [0.2, 0.25) is 0 Å². The molecule has 1 aromatic carbocycles. The van der Waals surface area contributed by atoms with Crippen molar-refractivity contribution in [3.05, 3.63) is 35.9 Å². The van der Waals surface area contributed by atoms with Gasteiger partial charge in [-0.1, -0.05) is 30.3 Å². The monoisotopic (exact) mass is 179 g/mol. The van der Waals surface area contributed by atoms with Gasteiger partial charge < -0.3 is 5.11 Å². The molecule has 0 aliphatic carbocycles. The maximum absolute atomic E-state index is 9.38. The number of aliphatic hydroxyl groups is 1. The lowest BCUT2D eigenvalue weighted by Gasteiger charge is -2.27. The third-order valence-electron chi connectivity index (χ3n) is 2.21. The topological polar surface area (TPSA) is 41.5 Å². The average Bonchev–Trinajstić information content (AvgIpc) is 2.19. The van der Waals surface area contributed by atoms with Crippen LogP contribution in [0.3, 0.4) is 0 Å². The van der Waals surface area contributed by atoms with Crippen LogP contribution in [0.5, 0.6) is 0 Å². The first-order valence-corrected chi connectivity index (χ1v) is 4.46. The molecule has 1 aliphatic rings. The highest BCUT2D eigenvalue weighted by atomic mass is 16.7. The van der Waals surface area contributed by atoms with Crippen molar-refractivity contribution in [3.63, 3.8) is 0 Å². The fourth-order valence-electron chi connectivity index (χ4n) is 1.52. The summed E-state index contributed by atoms with van der Waals surface area (Å²) < 4.78 is 0. The zero-order valence-electron chi connectivity index (χ0n) is 7.31. The third kappa shape index (κ3) is 2.06. The fraction of sp³-hybridized carbons (Fsp3) is 0.400. The van der Waals surface area contributed by atoms with Crippen molar-refractivity contribution in [2.75, 3.05) is 6.61 Å². The van der Waals surface area contributed by atoms with Crippen molar-refractivity contribution in [1.29, 1.82) is 0 Å². The van der Waals surface area contributed by atoms with Gasteiger partial charge in [-0.25, -0.2) is 0 Å². The van der Waals surface area contributed by atoms with Crippen LogP contribution in [0, 0.1) is 0 Å². The summed E-state index contributed by atoms with van der Waals surface area (Å²) in [6, 6.07) is 10.1. The molecule has 1 aromatic rings. The minimum atomic E-state index is -0.355. The molecule has 13 heavy (non-hydrogen) atoms. The van der Waals surface area contributed by atoms with Crippen LogP contribution in [0.4, 0.5) is 0 Å². The number of hydroxylamine groups is 1. The van der Waals surface area contributed by atoms with E-state index in [0.29, 0.717) is 13.0 Å². The second-order valence-electron chi connectivity index (χ2n) is 3.28. The largest absolute Gasteiger partial charge is 0.391 e. The van der Waals surface area contributed by atoms with Crippen molar-refractivity contribution in [1.82, 2.24) is 5.48 Å². The first kappa shape index (κ1) is 8.69. The number of rotatable bonds is 1. The quantitative estimate of drug-likeness (QED) is 0.676. The Morgan fingerprint density at radius 1 is 1.31 bits per heavy atom. The zero-order chi connectivity index (χ0) is 9.10. The highest BCUT2D eigenvalue weighted by molar-refractivity contribution is 5.18. The van der Waals surface area contributed by atoms with E-state index in [0.717, 1.165) is 5.56 Å². The Balaban J connectivity index is 2.08. The van der Waals surface area contributed by atoms with E-state index in [4.69, 9.17) is 4.84 Å². The lowest BCUT2D eigenvalue weighted by Crippen LogP contribution is -2.36. The van der Waals surface area contributed by atoms with Crippen LogP contribution in [0.1, 0.15) is 18.0 Å². The minimum Gasteiger partial charge on any atom is -0.391 e. The van der Waals surface area contributed by atoms with Gasteiger partial charge in [0.15, 0.2) is 0 Å². The second kappa shape index (κ2) is 3.87. The summed E-state index contributed by atoms with van der Waals surface area (Å²) in [5, 5.41) is 9.38. The molecule has 0 bridgehead atoms. The number of hydrogen-bond donors (Lipinski definition) is 2. The van der Waals surface area contributed by atoms with E-state index in [9.17, 15) is 5.11 Å². The molecule has 70 valence electrons. The maximum atomic E-state index is 9.38. The third-order valence-corrected chi connectivity index (χ3v) is 2.21. The molecule has 3 nitrogen and oxygen atoms in total. The van der Waals surface area contributed by atoms with E-state index in [-0.39, 0.29) is 12.1 Å². The zero-order valence-corrected chi connectivity index (χ0v) is 7.31. The molecule has 0 amide bonds. The molecule has 0 unspecified atom stereocenters. The number of hydrogen-bond acceptors (Lipinski definition) is 3. The van der Waals surface area contributed by atoms with Gasteiger partial charge in [-0.05, 0) is 12.0 Å². The van der Waals surface area contributed by atoms with Crippen molar-refractivity contribution in [2.24, 2.45) is 0 Å². The van der Waals surface area contributed by atoms with Gasteiger partial charge >= 0.3 is 0 Å². The van der Waals surface area contributed by atoms with E-state index in [1.54, 1.807) is 0 Å². The standard InChI is InChI=1S/C10H13NO2/c12-9-6-10(11-13-7-9)8-4-2-1-3-5-8/h1-5,9-12H,6-7H2/t9-,10+/m0/s1. The molecule has 2 rings (SSSR count). The molecular weight excluding hydrogens is 166 g/mol. The molecule has 2 N–H and O–H groups in total. The molecule has 2 atom stereocenters. The van der Waals surface area contributed by atoms with Crippen molar-refractivity contribution < 1.29 is 9.94 Å². The lowest BCUT2D eigenvalue weighted by atomic mass is 10.0. The van der Waals surface area contributed by atoms with Crippen LogP contribution in [0.25, 0.3) is 0 Å². The van der Waals surface area contributed by atoms with Gasteiger partial charge in [0.2, 0.25) is 0 Å². The summed E-state index contributed by atoms with van der Waals surface area (Å²) in [7, 11) is 0. The van der Waals surface area contributed by atoms with Crippen LogP contribution in [-0.4, -0.2) is 17.8 Å². The Morgan fingerprint density at radius 2 is 2.08 bits per heavy atom. The minimum absolute atomic E-state index is 0.116. The normalized spacial score (nSPS) is 28.7. The Kier molecular flexibility index (Phi) is 2.59. The number of nitrogens with one attached hydrogen (secondary N) is 1. The van der Waals surface area contributed by atoms with Gasteiger partial charge in [-0.15, -0.1) is 0 Å². The summed E-state index contributed by atoms with van der Waals surface area (Å²) >= 11 is 0. The van der Waals surface area contributed by atoms with Crippen molar-refractivity contribution in [2.45, 2.75) is 18.6 Å². The second-order valence-corrected chi connectivity index (χ2v) is 3.28. The summed E-state index contributed by atoms with van der Waals surface area (Å²) in [5.41, 5.74) is 4.06. The van der Waals surface area contributed by atoms with Gasteiger partial charge in [0.25, 0.3) is 0 Å². The fourth-order valence-corrected chi connectivity index (χ4v) is 1.52. The van der Waals surface area contributed by atoms with Gasteiger partial charge in [-0.2, -0.15) is 5.48 Å². The molecule has 0 spiro atoms.